The Bertz CT molecular complexity index is 968. The lowest BCUT2D eigenvalue weighted by Gasteiger charge is -2.40. The number of aryl methyl sites for hydroxylation is 2. The van der Waals surface area contributed by atoms with Gasteiger partial charge in [0.25, 0.3) is 11.8 Å². The molecule has 0 saturated carbocycles. The van der Waals surface area contributed by atoms with Crippen LogP contribution < -0.4 is 10.9 Å². The molecule has 2 rings (SSSR count). The molecule has 0 aromatic heterocycles. The second-order valence-corrected chi connectivity index (χ2v) is 9.27. The summed E-state index contributed by atoms with van der Waals surface area (Å²) >= 11 is 0. The second-order valence-electron chi connectivity index (χ2n) is 9.27. The topological polar surface area (TPSA) is 89.9 Å². The number of hydrazine groups is 1. The predicted molar refractivity (Wildman–Crippen MR) is 124 cm³/mol. The number of nitrogens with zero attached hydrogens (tertiary/aromatic N) is 1. The summed E-state index contributed by atoms with van der Waals surface area (Å²) < 4.78 is 14.2. The molecule has 0 spiro atoms. The minimum absolute atomic E-state index is 0.0331. The van der Waals surface area contributed by atoms with Gasteiger partial charge in [0.05, 0.1) is 6.04 Å². The Kier molecular flexibility index (Phi) is 8.21. The van der Waals surface area contributed by atoms with Gasteiger partial charge in [0, 0.05) is 16.6 Å². The maximum Gasteiger partial charge on any atom is 0.491 e. The molecule has 2 aromatic carbocycles. The molecule has 0 aliphatic rings. The molecule has 0 radical (unpaired) electrons. The minimum atomic E-state index is -1.98. The number of nitrogens with one attached hydrogen (secondary N) is 1. The van der Waals surface area contributed by atoms with E-state index >= 15 is 0 Å². The van der Waals surface area contributed by atoms with E-state index in [0.717, 1.165) is 29.7 Å². The van der Waals surface area contributed by atoms with Crippen LogP contribution in [0, 0.1) is 25.1 Å². The lowest BCUT2D eigenvalue weighted by molar-refractivity contribution is 0.0271. The highest BCUT2D eigenvalue weighted by atomic mass is 19.1. The molecule has 32 heavy (non-hydrogen) atoms. The molecule has 3 N–H and O–H groups in total. The van der Waals surface area contributed by atoms with Gasteiger partial charge < -0.3 is 10.0 Å². The van der Waals surface area contributed by atoms with Crippen molar-refractivity contribution < 1.29 is 24.0 Å². The van der Waals surface area contributed by atoms with Crippen molar-refractivity contribution in [1.82, 2.24) is 10.4 Å². The third kappa shape index (κ3) is 6.17. The van der Waals surface area contributed by atoms with Crippen molar-refractivity contribution >= 4 is 24.4 Å². The van der Waals surface area contributed by atoms with Gasteiger partial charge in [0.2, 0.25) is 0 Å². The van der Waals surface area contributed by atoms with Crippen LogP contribution in [0.3, 0.4) is 0 Å². The molecule has 2 aromatic rings. The van der Waals surface area contributed by atoms with Gasteiger partial charge in [-0.25, -0.2) is 9.40 Å². The summed E-state index contributed by atoms with van der Waals surface area (Å²) in [5.74, 6) is -1.92. The zero-order chi connectivity index (χ0) is 24.2. The quantitative estimate of drug-likeness (QED) is 0.474. The van der Waals surface area contributed by atoms with E-state index in [1.807, 2.05) is 47.6 Å². The van der Waals surface area contributed by atoms with Crippen LogP contribution in [-0.2, 0) is 0 Å². The molecule has 0 fully saturated rings. The van der Waals surface area contributed by atoms with Crippen molar-refractivity contribution in [3.8, 4) is 0 Å². The fraction of sp³-hybridized carbons (Fsp3) is 0.417. The first kappa shape index (κ1) is 25.6. The van der Waals surface area contributed by atoms with Crippen LogP contribution in [0.25, 0.3) is 0 Å². The zero-order valence-corrected chi connectivity index (χ0v) is 19.6. The Morgan fingerprint density at radius 3 is 2.12 bits per heavy atom. The third-order valence-corrected chi connectivity index (χ3v) is 5.32. The van der Waals surface area contributed by atoms with Gasteiger partial charge in [-0.05, 0) is 49.9 Å². The fourth-order valence-corrected chi connectivity index (χ4v) is 3.78. The number of carbonyl (C=O) groups is 2. The molecule has 0 aliphatic heterocycles. The second kappa shape index (κ2) is 10.3. The average molecular weight is 442 g/mol. The van der Waals surface area contributed by atoms with Crippen molar-refractivity contribution in [2.45, 2.75) is 60.4 Å². The summed E-state index contributed by atoms with van der Waals surface area (Å²) in [6, 6.07) is 8.56. The van der Waals surface area contributed by atoms with Crippen molar-refractivity contribution in [3.05, 3.63) is 64.5 Å². The highest BCUT2D eigenvalue weighted by molar-refractivity contribution is 6.58. The van der Waals surface area contributed by atoms with Crippen LogP contribution in [0.2, 0.25) is 0 Å². The number of carbonyl (C=O) groups excluding carboxylic acids is 2. The predicted octanol–water partition coefficient (Wildman–Crippen LogP) is 3.12. The number of rotatable bonds is 6. The lowest BCUT2D eigenvalue weighted by Crippen LogP contribution is -2.56. The van der Waals surface area contributed by atoms with E-state index < -0.39 is 18.8 Å². The maximum atomic E-state index is 14.2. The SMILES string of the molecule is CCCC(N(NC(=O)c1ccc(B(O)O)c(F)c1)C(=O)c1cc(C)cc(C)c1)C(C)(C)C. The smallest absolute Gasteiger partial charge is 0.423 e. The first-order valence-corrected chi connectivity index (χ1v) is 10.7. The maximum absolute atomic E-state index is 14.2. The molecular weight excluding hydrogens is 410 g/mol. The third-order valence-electron chi connectivity index (χ3n) is 5.32. The Hall–Kier alpha value is -2.71. The first-order valence-electron chi connectivity index (χ1n) is 10.7. The van der Waals surface area contributed by atoms with E-state index in [2.05, 4.69) is 5.43 Å². The van der Waals surface area contributed by atoms with Crippen LogP contribution in [0.5, 0.6) is 0 Å². The number of hydrogen-bond acceptors (Lipinski definition) is 4. The van der Waals surface area contributed by atoms with E-state index in [9.17, 15) is 24.0 Å². The molecule has 0 saturated heterocycles. The van der Waals surface area contributed by atoms with Gasteiger partial charge in [-0.15, -0.1) is 0 Å². The summed E-state index contributed by atoms with van der Waals surface area (Å²) in [5.41, 5.74) is 4.31. The average Bonchev–Trinajstić information content (AvgIpc) is 2.68. The van der Waals surface area contributed by atoms with Gasteiger partial charge in [0.15, 0.2) is 0 Å². The zero-order valence-electron chi connectivity index (χ0n) is 19.6. The summed E-state index contributed by atoms with van der Waals surface area (Å²) in [6.45, 7) is 11.8. The van der Waals surface area contributed by atoms with Crippen molar-refractivity contribution in [2.75, 3.05) is 0 Å². The van der Waals surface area contributed by atoms with Gasteiger partial charge in [-0.2, -0.15) is 0 Å². The molecule has 8 heteroatoms. The molecule has 1 unspecified atom stereocenters. The molecule has 0 aliphatic carbocycles. The van der Waals surface area contributed by atoms with Crippen molar-refractivity contribution in [2.24, 2.45) is 5.41 Å². The molecule has 0 heterocycles. The Morgan fingerprint density at radius 2 is 1.66 bits per heavy atom. The molecular formula is C24H32BFN2O4. The van der Waals surface area contributed by atoms with Gasteiger partial charge in [-0.3, -0.25) is 15.0 Å². The Labute approximate surface area is 189 Å². The van der Waals surface area contributed by atoms with Gasteiger partial charge in [-0.1, -0.05) is 57.4 Å². The van der Waals surface area contributed by atoms with E-state index in [-0.39, 0.29) is 28.4 Å². The first-order chi connectivity index (χ1) is 14.8. The van der Waals surface area contributed by atoms with Crippen molar-refractivity contribution in [3.63, 3.8) is 0 Å². The highest BCUT2D eigenvalue weighted by Crippen LogP contribution is 2.29. The Morgan fingerprint density at radius 1 is 1.06 bits per heavy atom. The molecule has 1 atom stereocenters. The molecule has 6 nitrogen and oxygen atoms in total. The van der Waals surface area contributed by atoms with E-state index in [1.165, 1.54) is 11.1 Å². The standard InChI is InChI=1S/C24H32BFN2O4/c1-7-8-21(24(4,5)6)28(23(30)18-12-15(2)11-16(3)13-18)27-22(29)17-9-10-19(25(31)32)20(26)14-17/h9-14,21,31-32H,7-8H2,1-6H3,(H,27,29). The number of benzene rings is 2. The summed E-state index contributed by atoms with van der Waals surface area (Å²) in [7, 11) is -1.98. The summed E-state index contributed by atoms with van der Waals surface area (Å²) in [5, 5.41) is 19.8. The number of halogens is 1. The summed E-state index contributed by atoms with van der Waals surface area (Å²) in [6.07, 6.45) is 1.45. The lowest BCUT2D eigenvalue weighted by atomic mass is 9.79. The largest absolute Gasteiger partial charge is 0.491 e. The van der Waals surface area contributed by atoms with Gasteiger partial charge in [0.1, 0.15) is 5.82 Å². The molecule has 2 amide bonds. The van der Waals surface area contributed by atoms with Crippen LogP contribution in [-0.4, -0.2) is 40.0 Å². The van der Waals surface area contributed by atoms with Crippen LogP contribution in [0.15, 0.2) is 36.4 Å². The number of hydrogen-bond donors (Lipinski definition) is 3. The van der Waals surface area contributed by atoms with E-state index in [0.29, 0.717) is 12.0 Å². The Balaban J connectivity index is 2.47. The molecule has 0 bridgehead atoms. The molecule has 172 valence electrons. The highest BCUT2D eigenvalue weighted by Gasteiger charge is 2.35. The van der Waals surface area contributed by atoms with Gasteiger partial charge >= 0.3 is 7.12 Å². The monoisotopic (exact) mass is 442 g/mol. The number of amides is 2. The normalized spacial score (nSPS) is 12.3. The van der Waals surface area contributed by atoms with Crippen LogP contribution in [0.4, 0.5) is 4.39 Å². The minimum Gasteiger partial charge on any atom is -0.423 e. The summed E-state index contributed by atoms with van der Waals surface area (Å²) in [4.78, 5) is 26.6. The van der Waals surface area contributed by atoms with Crippen molar-refractivity contribution in [1.29, 1.82) is 0 Å². The van der Waals surface area contributed by atoms with E-state index in [1.54, 1.807) is 12.1 Å². The van der Waals surface area contributed by atoms with E-state index in [4.69, 9.17) is 0 Å². The van der Waals surface area contributed by atoms with Crippen LogP contribution >= 0.6 is 0 Å². The van der Waals surface area contributed by atoms with Crippen LogP contribution in [0.1, 0.15) is 72.4 Å². The fourth-order valence-electron chi connectivity index (χ4n) is 3.78.